The van der Waals surface area contributed by atoms with Gasteiger partial charge in [0.2, 0.25) is 0 Å². The highest BCUT2D eigenvalue weighted by molar-refractivity contribution is 7.11. The third-order valence-corrected chi connectivity index (χ3v) is 5.88. The van der Waals surface area contributed by atoms with Gasteiger partial charge < -0.3 is 5.32 Å². The van der Waals surface area contributed by atoms with Crippen molar-refractivity contribution in [2.75, 3.05) is 19.6 Å². The Morgan fingerprint density at radius 3 is 2.67 bits per heavy atom. The summed E-state index contributed by atoms with van der Waals surface area (Å²) < 4.78 is 13.4. The van der Waals surface area contributed by atoms with Crippen molar-refractivity contribution in [2.24, 2.45) is 0 Å². The second-order valence-electron chi connectivity index (χ2n) is 6.59. The average Bonchev–Trinajstić information content (AvgIpc) is 3.06. The van der Waals surface area contributed by atoms with E-state index in [9.17, 15) is 4.39 Å². The van der Waals surface area contributed by atoms with Crippen LogP contribution in [0.15, 0.2) is 24.3 Å². The van der Waals surface area contributed by atoms with Crippen molar-refractivity contribution in [1.29, 1.82) is 0 Å². The molecule has 1 fully saturated rings. The van der Waals surface area contributed by atoms with Crippen LogP contribution in [0, 0.1) is 5.82 Å². The molecular weight excluding hydrogens is 323 g/mol. The number of halogens is 1. The van der Waals surface area contributed by atoms with E-state index in [1.165, 1.54) is 12.1 Å². The molecule has 0 radical (unpaired) electrons. The van der Waals surface area contributed by atoms with Crippen LogP contribution in [-0.2, 0) is 0 Å². The molecule has 0 saturated carbocycles. The minimum absolute atomic E-state index is 0.0467. The van der Waals surface area contributed by atoms with Gasteiger partial charge in [-0.3, -0.25) is 4.90 Å². The van der Waals surface area contributed by atoms with Crippen LogP contribution in [0.3, 0.4) is 0 Å². The van der Waals surface area contributed by atoms with E-state index in [4.69, 9.17) is 0 Å². The van der Waals surface area contributed by atoms with E-state index in [-0.39, 0.29) is 11.9 Å². The minimum Gasteiger partial charge on any atom is -0.312 e. The van der Waals surface area contributed by atoms with Crippen molar-refractivity contribution in [3.8, 4) is 0 Å². The van der Waals surface area contributed by atoms with E-state index in [0.717, 1.165) is 41.6 Å². The summed E-state index contributed by atoms with van der Waals surface area (Å²) in [6, 6.07) is 7.29. The fourth-order valence-electron chi connectivity index (χ4n) is 3.08. The van der Waals surface area contributed by atoms with Gasteiger partial charge in [-0.15, -0.1) is 10.2 Å². The normalized spacial score (nSPS) is 21.6. The van der Waals surface area contributed by atoms with Crippen LogP contribution < -0.4 is 5.32 Å². The summed E-state index contributed by atoms with van der Waals surface area (Å²) in [4.78, 5) is 2.43. The second kappa shape index (κ2) is 7.68. The number of benzene rings is 1. The van der Waals surface area contributed by atoms with E-state index in [0.29, 0.717) is 12.0 Å². The highest BCUT2D eigenvalue weighted by atomic mass is 32.1. The number of rotatable bonds is 5. The molecule has 130 valence electrons. The van der Waals surface area contributed by atoms with Crippen LogP contribution >= 0.6 is 11.3 Å². The molecule has 2 heterocycles. The molecule has 1 N–H and O–H groups in total. The maximum Gasteiger partial charge on any atom is 0.139 e. The lowest BCUT2D eigenvalue weighted by atomic mass is 10.0. The van der Waals surface area contributed by atoms with Crippen LogP contribution in [-0.4, -0.2) is 40.8 Å². The lowest BCUT2D eigenvalue weighted by molar-refractivity contribution is 0.169. The Morgan fingerprint density at radius 1 is 1.29 bits per heavy atom. The van der Waals surface area contributed by atoms with Gasteiger partial charge in [0.25, 0.3) is 0 Å². The summed E-state index contributed by atoms with van der Waals surface area (Å²) in [5.74, 6) is 0.218. The van der Waals surface area contributed by atoms with E-state index >= 15 is 0 Å². The SMILES string of the molecule is CCC(C)c1nnc(C(c2ccc(F)cc2)N2CCNC(C)C2)s1. The zero-order chi connectivity index (χ0) is 17.1. The van der Waals surface area contributed by atoms with Gasteiger partial charge in [0, 0.05) is 31.6 Å². The summed E-state index contributed by atoms with van der Waals surface area (Å²) in [7, 11) is 0. The molecule has 3 atom stereocenters. The smallest absolute Gasteiger partial charge is 0.139 e. The number of nitrogens with one attached hydrogen (secondary N) is 1. The molecule has 1 aromatic carbocycles. The molecule has 0 spiro atoms. The standard InChI is InChI=1S/C18H25FN4S/c1-4-12(2)17-21-22-18(24-17)16(14-5-7-15(19)8-6-14)23-10-9-20-13(3)11-23/h5-8,12-13,16,20H,4,9-11H2,1-3H3. The summed E-state index contributed by atoms with van der Waals surface area (Å²) in [5, 5.41) is 14.5. The Balaban J connectivity index is 1.95. The first kappa shape index (κ1) is 17.5. The van der Waals surface area contributed by atoms with Gasteiger partial charge in [0.1, 0.15) is 15.8 Å². The van der Waals surface area contributed by atoms with Gasteiger partial charge in [-0.25, -0.2) is 4.39 Å². The van der Waals surface area contributed by atoms with Crippen LogP contribution in [0.25, 0.3) is 0 Å². The van der Waals surface area contributed by atoms with Crippen molar-refractivity contribution in [2.45, 2.75) is 45.2 Å². The Kier molecular flexibility index (Phi) is 5.58. The molecule has 3 rings (SSSR count). The van der Waals surface area contributed by atoms with Gasteiger partial charge in [-0.2, -0.15) is 0 Å². The summed E-state index contributed by atoms with van der Waals surface area (Å²) >= 11 is 1.69. The quantitative estimate of drug-likeness (QED) is 0.897. The molecule has 0 amide bonds. The van der Waals surface area contributed by atoms with E-state index in [1.807, 2.05) is 12.1 Å². The maximum atomic E-state index is 13.4. The Morgan fingerprint density at radius 2 is 2.00 bits per heavy atom. The Labute approximate surface area is 147 Å². The predicted octanol–water partition coefficient (Wildman–Crippen LogP) is 3.57. The number of aromatic nitrogens is 2. The highest BCUT2D eigenvalue weighted by Gasteiger charge is 2.29. The molecule has 6 heteroatoms. The number of hydrogen-bond donors (Lipinski definition) is 1. The van der Waals surface area contributed by atoms with Gasteiger partial charge in [0.05, 0.1) is 6.04 Å². The minimum atomic E-state index is -0.205. The molecule has 0 bridgehead atoms. The van der Waals surface area contributed by atoms with Gasteiger partial charge >= 0.3 is 0 Å². The van der Waals surface area contributed by atoms with Crippen molar-refractivity contribution in [3.63, 3.8) is 0 Å². The van der Waals surface area contributed by atoms with Crippen molar-refractivity contribution < 1.29 is 4.39 Å². The first-order chi connectivity index (χ1) is 11.6. The van der Waals surface area contributed by atoms with Crippen LogP contribution in [0.2, 0.25) is 0 Å². The number of nitrogens with zero attached hydrogens (tertiary/aromatic N) is 3. The molecule has 3 unspecified atom stereocenters. The average molecular weight is 348 g/mol. The van der Waals surface area contributed by atoms with E-state index < -0.39 is 0 Å². The van der Waals surface area contributed by atoms with Gasteiger partial charge in [0.15, 0.2) is 0 Å². The number of piperazine rings is 1. The second-order valence-corrected chi connectivity index (χ2v) is 7.63. The Hall–Kier alpha value is -1.37. The predicted molar refractivity (Wildman–Crippen MR) is 95.9 cm³/mol. The Bertz CT molecular complexity index is 657. The van der Waals surface area contributed by atoms with E-state index in [1.54, 1.807) is 11.3 Å². The molecular formula is C18H25FN4S. The topological polar surface area (TPSA) is 41.1 Å². The first-order valence-electron chi connectivity index (χ1n) is 8.64. The largest absolute Gasteiger partial charge is 0.312 e. The van der Waals surface area contributed by atoms with Gasteiger partial charge in [-0.1, -0.05) is 37.3 Å². The van der Waals surface area contributed by atoms with Gasteiger partial charge in [-0.05, 0) is 31.0 Å². The molecule has 1 aliphatic heterocycles. The highest BCUT2D eigenvalue weighted by Crippen LogP contribution is 2.34. The first-order valence-corrected chi connectivity index (χ1v) is 9.46. The van der Waals surface area contributed by atoms with Crippen LogP contribution in [0.5, 0.6) is 0 Å². The third-order valence-electron chi connectivity index (χ3n) is 4.68. The lowest BCUT2D eigenvalue weighted by Gasteiger charge is -2.37. The molecule has 0 aliphatic carbocycles. The molecule has 1 saturated heterocycles. The van der Waals surface area contributed by atoms with Crippen molar-refractivity contribution in [3.05, 3.63) is 45.7 Å². The molecule has 1 aliphatic rings. The fourth-order valence-corrected chi connectivity index (χ4v) is 4.22. The van der Waals surface area contributed by atoms with Crippen LogP contribution in [0.4, 0.5) is 4.39 Å². The van der Waals surface area contributed by atoms with Crippen molar-refractivity contribution >= 4 is 11.3 Å². The van der Waals surface area contributed by atoms with Crippen molar-refractivity contribution in [1.82, 2.24) is 20.4 Å². The monoisotopic (exact) mass is 348 g/mol. The maximum absolute atomic E-state index is 13.4. The van der Waals surface area contributed by atoms with Crippen LogP contribution in [0.1, 0.15) is 54.7 Å². The zero-order valence-electron chi connectivity index (χ0n) is 14.5. The fraction of sp³-hybridized carbons (Fsp3) is 0.556. The summed E-state index contributed by atoms with van der Waals surface area (Å²) in [5.41, 5.74) is 1.08. The molecule has 4 nitrogen and oxygen atoms in total. The summed E-state index contributed by atoms with van der Waals surface area (Å²) in [6.07, 6.45) is 1.06. The molecule has 1 aromatic heterocycles. The third kappa shape index (κ3) is 3.82. The molecule has 24 heavy (non-hydrogen) atoms. The van der Waals surface area contributed by atoms with E-state index in [2.05, 4.69) is 41.2 Å². The number of hydrogen-bond acceptors (Lipinski definition) is 5. The zero-order valence-corrected chi connectivity index (χ0v) is 15.3. The summed E-state index contributed by atoms with van der Waals surface area (Å²) in [6.45, 7) is 9.39. The lowest BCUT2D eigenvalue weighted by Crippen LogP contribution is -2.50. The molecule has 2 aromatic rings.